The van der Waals surface area contributed by atoms with E-state index >= 15 is 0 Å². The highest BCUT2D eigenvalue weighted by Crippen LogP contribution is 2.31. The van der Waals surface area contributed by atoms with Crippen LogP contribution >= 0.6 is 11.6 Å². The SMILES string of the molecule is CC(C)C[C@H](CO)NC(=O)OC(C)(C)C.Cc1cccc(C)c1-c1cc(Cl)nc(NS(=O)(=O)c2cccc(C(=O)O)c2)n1.Cc1cccc(C)c1-c1cc(OC[C@@H](CC(C)C)NC(=O)OC(C)(C)C)nc(NS(=O)(=O)c2cccc(C(=O)O)c2)n1. The Morgan fingerprint density at radius 3 is 1.32 bits per heavy atom. The Bertz CT molecular complexity index is 3510. The Balaban J connectivity index is 0.000000308. The minimum atomic E-state index is -4.25. The average Bonchev–Trinajstić information content (AvgIpc) is 2.24. The van der Waals surface area contributed by atoms with Crippen LogP contribution < -0.4 is 24.8 Å². The molecule has 0 bridgehead atoms. The number of benzene rings is 4. The van der Waals surface area contributed by atoms with Crippen molar-refractivity contribution in [3.63, 3.8) is 0 Å². The lowest BCUT2D eigenvalue weighted by molar-refractivity contribution is 0.0465. The zero-order valence-corrected chi connectivity index (χ0v) is 52.6. The molecular weight excluding hydrogens is 1160 g/mol. The molecule has 2 aromatic heterocycles. The molecule has 0 unspecified atom stereocenters. The Morgan fingerprint density at radius 1 is 0.553 bits per heavy atom. The molecule has 0 fully saturated rings. The number of carbonyl (C=O) groups excluding carboxylic acids is 2. The zero-order chi connectivity index (χ0) is 63.8. The second-order valence-electron chi connectivity index (χ2n) is 22.7. The molecule has 85 heavy (non-hydrogen) atoms. The normalized spacial score (nSPS) is 12.3. The summed E-state index contributed by atoms with van der Waals surface area (Å²) in [5, 5.41) is 33.0. The van der Waals surface area contributed by atoms with E-state index in [1.54, 1.807) is 32.9 Å². The standard InChI is InChI=1S/C30H38N4O7S.C19H16ClN3O4S.C11H23NO3/c1-18(2)14-22(31-29(37)41-30(5,6)7)17-40-25-16-24(26-19(3)10-8-11-20(26)4)32-28(33-25)34-42(38,39)23-13-9-12-21(15-23)27(35)36;1-11-5-3-6-12(2)17(11)15-10-16(20)22-19(21-15)23-28(26,27)14-8-4-7-13(9-14)18(24)25;1-8(2)6-9(7-13)12-10(14)15-11(3,4)5/h8-13,15-16,18,22H,14,17H2,1-7H3,(H,31,37)(H,35,36)(H,32,33,34);3-10H,1-2H3,(H,24,25)(H,21,22,23);8-9,13H,6-7H2,1-5H3,(H,12,14)/t22-;;9-/m1.1/s1. The maximum Gasteiger partial charge on any atom is 0.407 e. The molecule has 0 saturated heterocycles. The first-order valence-corrected chi connectivity index (χ1v) is 30.3. The highest BCUT2D eigenvalue weighted by atomic mass is 35.5. The van der Waals surface area contributed by atoms with Crippen molar-refractivity contribution in [1.82, 2.24) is 30.6 Å². The van der Waals surface area contributed by atoms with E-state index in [4.69, 9.17) is 36.0 Å². The number of aliphatic hydroxyl groups is 1. The van der Waals surface area contributed by atoms with Crippen molar-refractivity contribution in [1.29, 1.82) is 0 Å². The van der Waals surface area contributed by atoms with Crippen molar-refractivity contribution in [3.05, 3.63) is 136 Å². The summed E-state index contributed by atoms with van der Waals surface area (Å²) in [7, 11) is -8.36. The molecule has 0 saturated carbocycles. The van der Waals surface area contributed by atoms with Crippen molar-refractivity contribution in [2.75, 3.05) is 22.7 Å². The average molecular weight is 1230 g/mol. The van der Waals surface area contributed by atoms with Gasteiger partial charge in [-0.2, -0.15) is 4.98 Å². The van der Waals surface area contributed by atoms with Gasteiger partial charge in [0, 0.05) is 23.3 Å². The summed E-state index contributed by atoms with van der Waals surface area (Å²) in [5.41, 5.74) is 4.75. The van der Waals surface area contributed by atoms with Crippen LogP contribution in [-0.2, 0) is 29.5 Å². The van der Waals surface area contributed by atoms with E-state index in [1.165, 1.54) is 36.4 Å². The summed E-state index contributed by atoms with van der Waals surface area (Å²) in [6, 6.07) is 24.0. The number of hydrogen-bond acceptors (Lipinski definition) is 16. The topological polar surface area (TPSA) is 325 Å². The molecule has 0 aliphatic rings. The molecule has 460 valence electrons. The van der Waals surface area contributed by atoms with E-state index in [0.29, 0.717) is 23.7 Å². The monoisotopic (exact) mass is 1230 g/mol. The highest BCUT2D eigenvalue weighted by Gasteiger charge is 2.25. The van der Waals surface area contributed by atoms with Crippen molar-refractivity contribution in [2.45, 2.75) is 143 Å². The lowest BCUT2D eigenvalue weighted by Gasteiger charge is -2.24. The van der Waals surface area contributed by atoms with Gasteiger partial charge in [0.2, 0.25) is 17.8 Å². The van der Waals surface area contributed by atoms with Crippen LogP contribution in [0.1, 0.15) is 125 Å². The summed E-state index contributed by atoms with van der Waals surface area (Å²) >= 11 is 6.08. The number of sulfonamides is 2. The first-order chi connectivity index (χ1) is 39.4. The number of aromatic nitrogens is 4. The number of amides is 2. The third-order valence-corrected chi connectivity index (χ3v) is 14.6. The number of carboxylic acids is 2. The molecular formula is C60H77ClN8O14S2. The van der Waals surface area contributed by atoms with Crippen LogP contribution in [0.4, 0.5) is 21.5 Å². The third-order valence-electron chi connectivity index (χ3n) is 11.7. The van der Waals surface area contributed by atoms with Gasteiger partial charge in [0.15, 0.2) is 0 Å². The molecule has 2 heterocycles. The largest absolute Gasteiger partial charge is 0.478 e. The van der Waals surface area contributed by atoms with E-state index < -0.39 is 61.4 Å². The van der Waals surface area contributed by atoms with Gasteiger partial charge in [0.05, 0.1) is 51.0 Å². The summed E-state index contributed by atoms with van der Waals surface area (Å²) in [4.78, 5) is 62.8. The molecule has 25 heteroatoms. The molecule has 7 N–H and O–H groups in total. The summed E-state index contributed by atoms with van der Waals surface area (Å²) in [5.74, 6) is -2.21. The first kappa shape index (κ1) is 69.6. The molecule has 2 atom stereocenters. The quantitative estimate of drug-likeness (QED) is 0.0349. The molecule has 0 radical (unpaired) electrons. The Labute approximate surface area is 502 Å². The first-order valence-electron chi connectivity index (χ1n) is 27.0. The number of aryl methyl sites for hydroxylation is 4. The number of anilines is 2. The molecule has 6 rings (SSSR count). The minimum absolute atomic E-state index is 0.0352. The number of nitrogens with one attached hydrogen (secondary N) is 4. The van der Waals surface area contributed by atoms with Crippen LogP contribution in [0.5, 0.6) is 5.88 Å². The molecule has 2 amide bonds. The van der Waals surface area contributed by atoms with Gasteiger partial charge >= 0.3 is 24.1 Å². The Morgan fingerprint density at radius 2 is 0.929 bits per heavy atom. The number of rotatable bonds is 20. The predicted octanol–water partition coefficient (Wildman–Crippen LogP) is 11.4. The number of alkyl carbamates (subject to hydrolysis) is 2. The number of hydrogen-bond donors (Lipinski definition) is 7. The van der Waals surface area contributed by atoms with Crippen LogP contribution in [0.2, 0.25) is 5.15 Å². The van der Waals surface area contributed by atoms with Gasteiger partial charge in [0.25, 0.3) is 20.0 Å². The smallest absolute Gasteiger partial charge is 0.407 e. The van der Waals surface area contributed by atoms with Gasteiger partial charge in [-0.3, -0.25) is 0 Å². The Kier molecular flexibility index (Phi) is 24.7. The number of halogens is 1. The zero-order valence-electron chi connectivity index (χ0n) is 50.2. The van der Waals surface area contributed by atoms with E-state index in [2.05, 4.69) is 40.0 Å². The molecule has 0 aliphatic carbocycles. The van der Waals surface area contributed by atoms with E-state index in [-0.39, 0.29) is 69.0 Å². The van der Waals surface area contributed by atoms with Crippen molar-refractivity contribution < 1.29 is 65.5 Å². The fraction of sp³-hybridized carbons (Fsp3) is 0.400. The molecule has 0 aliphatic heterocycles. The van der Waals surface area contributed by atoms with Crippen molar-refractivity contribution in [3.8, 4) is 28.4 Å². The van der Waals surface area contributed by atoms with Crippen LogP contribution in [0, 0.1) is 39.5 Å². The van der Waals surface area contributed by atoms with Gasteiger partial charge in [0.1, 0.15) is 23.0 Å². The number of aliphatic hydroxyl groups excluding tert-OH is 1. The maximum atomic E-state index is 13.2. The second kappa shape index (κ2) is 30.2. The number of carbonyl (C=O) groups is 4. The lowest BCUT2D eigenvalue weighted by Crippen LogP contribution is -2.42. The van der Waals surface area contributed by atoms with E-state index in [9.17, 15) is 41.1 Å². The van der Waals surface area contributed by atoms with Crippen LogP contribution in [0.15, 0.2) is 107 Å². The van der Waals surface area contributed by atoms with E-state index in [0.717, 1.165) is 51.9 Å². The maximum absolute atomic E-state index is 13.2. The lowest BCUT2D eigenvalue weighted by atomic mass is 10.00. The molecule has 22 nitrogen and oxygen atoms in total. The predicted molar refractivity (Wildman–Crippen MR) is 325 cm³/mol. The molecule has 6 aromatic rings. The number of nitrogens with zero attached hydrogens (tertiary/aromatic N) is 4. The molecule has 0 spiro atoms. The Hall–Kier alpha value is -7.93. The number of ether oxygens (including phenoxy) is 3. The second-order valence-corrected chi connectivity index (χ2v) is 26.4. The van der Waals surface area contributed by atoms with Crippen molar-refractivity contribution >= 4 is 67.7 Å². The van der Waals surface area contributed by atoms with Gasteiger partial charge in [-0.25, -0.2) is 60.4 Å². The fourth-order valence-electron chi connectivity index (χ4n) is 8.27. The fourth-order valence-corrected chi connectivity index (χ4v) is 10.4. The third kappa shape index (κ3) is 22.9. The number of carboxylic acid groups (broad SMARTS) is 2. The highest BCUT2D eigenvalue weighted by molar-refractivity contribution is 7.93. The summed E-state index contributed by atoms with van der Waals surface area (Å²) in [6.07, 6.45) is 0.290. The summed E-state index contributed by atoms with van der Waals surface area (Å²) in [6.45, 7) is 26.5. The summed E-state index contributed by atoms with van der Waals surface area (Å²) < 4.78 is 72.8. The van der Waals surface area contributed by atoms with Crippen LogP contribution in [0.3, 0.4) is 0 Å². The van der Waals surface area contributed by atoms with Gasteiger partial charge in [-0.1, -0.05) is 87.8 Å². The van der Waals surface area contributed by atoms with E-state index in [1.807, 2.05) is 113 Å². The number of aromatic carboxylic acids is 2. The van der Waals surface area contributed by atoms with Crippen LogP contribution in [0.25, 0.3) is 22.5 Å². The molecule has 4 aromatic carbocycles. The minimum Gasteiger partial charge on any atom is -0.478 e. The van der Waals surface area contributed by atoms with Crippen LogP contribution in [-0.4, -0.2) is 113 Å². The van der Waals surface area contributed by atoms with Crippen molar-refractivity contribution in [2.24, 2.45) is 11.8 Å². The van der Waals surface area contributed by atoms with Gasteiger partial charge in [-0.05, 0) is 153 Å². The van der Waals surface area contributed by atoms with Gasteiger partial charge < -0.3 is 40.2 Å². The van der Waals surface area contributed by atoms with Gasteiger partial charge in [-0.15, -0.1) is 0 Å².